The lowest BCUT2D eigenvalue weighted by molar-refractivity contribution is -0.136. The molecule has 122 valence electrons. The monoisotopic (exact) mass is 313 g/mol. The van der Waals surface area contributed by atoms with Crippen molar-refractivity contribution in [2.75, 3.05) is 4.90 Å². The molecule has 2 bridgehead atoms. The zero-order valence-corrected chi connectivity index (χ0v) is 13.8. The van der Waals surface area contributed by atoms with Crippen LogP contribution in [0.3, 0.4) is 0 Å². The lowest BCUT2D eigenvalue weighted by atomic mass is 9.74. The maximum Gasteiger partial charge on any atom is 0.233 e. The van der Waals surface area contributed by atoms with E-state index in [1.165, 1.54) is 0 Å². The van der Waals surface area contributed by atoms with Gasteiger partial charge >= 0.3 is 0 Å². The maximum absolute atomic E-state index is 13.3. The highest BCUT2D eigenvalue weighted by Gasteiger charge is 2.79. The molecule has 2 aliphatic heterocycles. The molecule has 0 aromatic heterocycles. The Morgan fingerprint density at radius 1 is 1.35 bits per heavy atom. The summed E-state index contributed by atoms with van der Waals surface area (Å²) in [6.07, 6.45) is 0.387. The quantitative estimate of drug-likeness (QED) is 0.912. The summed E-state index contributed by atoms with van der Waals surface area (Å²) in [6.45, 7) is 6.33. The Balaban J connectivity index is 1.71. The largest absolute Gasteiger partial charge is 0.390 e. The molecule has 2 aliphatic carbocycles. The molecular weight excluding hydrogens is 290 g/mol. The molecule has 1 amide bonds. The van der Waals surface area contributed by atoms with Gasteiger partial charge in [0, 0.05) is 17.5 Å². The number of amides is 1. The van der Waals surface area contributed by atoms with Gasteiger partial charge in [0.2, 0.25) is 5.91 Å². The van der Waals surface area contributed by atoms with Gasteiger partial charge in [-0.3, -0.25) is 9.69 Å². The van der Waals surface area contributed by atoms with E-state index in [1.807, 2.05) is 30.0 Å². The molecule has 2 heterocycles. The van der Waals surface area contributed by atoms with Crippen LogP contribution in [0.4, 0.5) is 5.69 Å². The van der Waals surface area contributed by atoms with Crippen LogP contribution in [0, 0.1) is 36.5 Å². The van der Waals surface area contributed by atoms with E-state index in [0.717, 1.165) is 17.7 Å². The summed E-state index contributed by atoms with van der Waals surface area (Å²) < 4.78 is 6.52. The zero-order valence-electron chi connectivity index (χ0n) is 13.8. The lowest BCUT2D eigenvalue weighted by Crippen LogP contribution is -2.54. The molecule has 1 aromatic carbocycles. The minimum atomic E-state index is -0.586. The predicted octanol–water partition coefficient (Wildman–Crippen LogP) is 2.34. The fourth-order valence-corrected chi connectivity index (χ4v) is 6.08. The first-order valence-electron chi connectivity index (χ1n) is 8.73. The van der Waals surface area contributed by atoms with Gasteiger partial charge in [-0.15, -0.1) is 0 Å². The van der Waals surface area contributed by atoms with Gasteiger partial charge in [0.1, 0.15) is 0 Å². The van der Waals surface area contributed by atoms with Crippen LogP contribution in [-0.2, 0) is 9.53 Å². The van der Waals surface area contributed by atoms with Crippen molar-refractivity contribution in [1.29, 1.82) is 0 Å². The molecule has 4 nitrogen and oxygen atoms in total. The molecule has 7 atom stereocenters. The van der Waals surface area contributed by atoms with E-state index in [9.17, 15) is 9.90 Å². The molecule has 1 N–H and O–H groups in total. The van der Waals surface area contributed by atoms with E-state index in [0.29, 0.717) is 5.92 Å². The molecule has 4 aliphatic rings. The Morgan fingerprint density at radius 2 is 2.13 bits per heavy atom. The number of carbonyl (C=O) groups is 1. The van der Waals surface area contributed by atoms with Crippen LogP contribution in [0.1, 0.15) is 25.8 Å². The van der Waals surface area contributed by atoms with Gasteiger partial charge in [0.05, 0.1) is 18.1 Å². The van der Waals surface area contributed by atoms with Gasteiger partial charge in [0.25, 0.3) is 0 Å². The fraction of sp³-hybridized carbons (Fsp3) is 0.632. The molecule has 23 heavy (non-hydrogen) atoms. The Morgan fingerprint density at radius 3 is 2.83 bits per heavy atom. The van der Waals surface area contributed by atoms with Crippen LogP contribution in [0.2, 0.25) is 0 Å². The second-order valence-corrected chi connectivity index (χ2v) is 8.11. The highest BCUT2D eigenvalue weighted by atomic mass is 16.6. The summed E-state index contributed by atoms with van der Waals surface area (Å²) in [7, 11) is 0. The van der Waals surface area contributed by atoms with Crippen LogP contribution in [-0.4, -0.2) is 28.9 Å². The number of hydrogen-bond acceptors (Lipinski definition) is 3. The van der Waals surface area contributed by atoms with E-state index in [-0.39, 0.29) is 35.7 Å². The van der Waals surface area contributed by atoms with E-state index in [4.69, 9.17) is 4.74 Å². The Hall–Kier alpha value is -1.39. The first kappa shape index (κ1) is 14.0. The third-order valence-electron chi connectivity index (χ3n) is 6.80. The average molecular weight is 313 g/mol. The Labute approximate surface area is 136 Å². The van der Waals surface area contributed by atoms with Crippen molar-refractivity contribution in [2.45, 2.75) is 45.1 Å². The molecule has 1 aromatic rings. The number of fused-ring (bicyclic) bond motifs is 2. The number of nitrogens with zero attached hydrogens (tertiary/aromatic N) is 1. The molecule has 4 heteroatoms. The number of benzene rings is 1. The smallest absolute Gasteiger partial charge is 0.233 e. The summed E-state index contributed by atoms with van der Waals surface area (Å²) in [5.74, 6) is 0.919. The van der Waals surface area contributed by atoms with Crippen LogP contribution >= 0.6 is 0 Å². The number of ether oxygens (including phenoxy) is 1. The third kappa shape index (κ3) is 1.39. The van der Waals surface area contributed by atoms with Gasteiger partial charge in [-0.05, 0) is 42.9 Å². The summed E-state index contributed by atoms with van der Waals surface area (Å²) in [6, 6.07) is 8.13. The SMILES string of the molecule is Cc1cccc(N2C(=O)C3C4CC5C(OC2(C(C)C)C53)C4O)c1. The third-order valence-corrected chi connectivity index (χ3v) is 6.80. The summed E-state index contributed by atoms with van der Waals surface area (Å²) in [5, 5.41) is 10.5. The van der Waals surface area contributed by atoms with E-state index >= 15 is 0 Å². The second-order valence-electron chi connectivity index (χ2n) is 8.11. The van der Waals surface area contributed by atoms with Gasteiger partial charge in [-0.1, -0.05) is 26.0 Å². The fourth-order valence-electron chi connectivity index (χ4n) is 6.08. The van der Waals surface area contributed by atoms with Crippen molar-refractivity contribution >= 4 is 11.6 Å². The molecule has 0 radical (unpaired) electrons. The number of rotatable bonds is 2. The van der Waals surface area contributed by atoms with Crippen molar-refractivity contribution in [2.24, 2.45) is 29.6 Å². The molecule has 2 saturated heterocycles. The van der Waals surface area contributed by atoms with Crippen molar-refractivity contribution < 1.29 is 14.6 Å². The number of anilines is 1. The van der Waals surface area contributed by atoms with Crippen molar-refractivity contribution in [3.05, 3.63) is 29.8 Å². The summed E-state index contributed by atoms with van der Waals surface area (Å²) in [4.78, 5) is 15.2. The zero-order chi connectivity index (χ0) is 16.1. The highest BCUT2D eigenvalue weighted by molar-refractivity contribution is 6.00. The normalized spacial score (nSPS) is 46.5. The standard InChI is InChI=1S/C19H23NO3/c1-9(2)19-15-13-8-12(16(21)17(13)23-19)14(15)18(22)20(19)11-6-4-5-10(3)7-11/h4-7,9,12-17,21H,8H2,1-3H3. The first-order valence-corrected chi connectivity index (χ1v) is 8.73. The Bertz CT molecular complexity index is 702. The maximum atomic E-state index is 13.3. The van der Waals surface area contributed by atoms with E-state index < -0.39 is 11.8 Å². The first-order chi connectivity index (χ1) is 11.0. The van der Waals surface area contributed by atoms with Crippen molar-refractivity contribution in [1.82, 2.24) is 0 Å². The van der Waals surface area contributed by atoms with Crippen molar-refractivity contribution in [3.8, 4) is 0 Å². The number of aryl methyl sites for hydroxylation is 1. The molecule has 4 fully saturated rings. The van der Waals surface area contributed by atoms with E-state index in [2.05, 4.69) is 19.9 Å². The number of carbonyl (C=O) groups excluding carboxylic acids is 1. The van der Waals surface area contributed by atoms with Crippen LogP contribution in [0.5, 0.6) is 0 Å². The summed E-state index contributed by atoms with van der Waals surface area (Å²) >= 11 is 0. The Kier molecular flexibility index (Phi) is 2.54. The predicted molar refractivity (Wildman–Crippen MR) is 85.7 cm³/mol. The van der Waals surface area contributed by atoms with E-state index in [1.54, 1.807) is 0 Å². The topological polar surface area (TPSA) is 49.8 Å². The average Bonchev–Trinajstić information content (AvgIpc) is 3.15. The minimum absolute atomic E-state index is 0.0725. The second kappa shape index (κ2) is 4.17. The minimum Gasteiger partial charge on any atom is -0.390 e. The molecule has 7 unspecified atom stereocenters. The van der Waals surface area contributed by atoms with Crippen LogP contribution in [0.25, 0.3) is 0 Å². The molecule has 0 spiro atoms. The van der Waals surface area contributed by atoms with Gasteiger partial charge in [-0.2, -0.15) is 0 Å². The van der Waals surface area contributed by atoms with Crippen LogP contribution in [0.15, 0.2) is 24.3 Å². The summed E-state index contributed by atoms with van der Waals surface area (Å²) in [5.41, 5.74) is 1.50. The lowest BCUT2D eigenvalue weighted by Gasteiger charge is -2.42. The molecule has 5 rings (SSSR count). The van der Waals surface area contributed by atoms with Gasteiger partial charge in [0.15, 0.2) is 5.72 Å². The van der Waals surface area contributed by atoms with Gasteiger partial charge < -0.3 is 9.84 Å². The highest BCUT2D eigenvalue weighted by Crippen LogP contribution is 2.69. The molecule has 2 saturated carbocycles. The number of aliphatic hydroxyl groups excluding tert-OH is 1. The number of aliphatic hydroxyl groups is 1. The molecular formula is C19H23NO3. The van der Waals surface area contributed by atoms with Crippen LogP contribution < -0.4 is 4.90 Å². The van der Waals surface area contributed by atoms with Gasteiger partial charge in [-0.25, -0.2) is 0 Å². The van der Waals surface area contributed by atoms with Crippen molar-refractivity contribution in [3.63, 3.8) is 0 Å². The number of hydrogen-bond donors (Lipinski definition) is 1.